The number of hydrogen-bond donors (Lipinski definition) is 2. The van der Waals surface area contributed by atoms with Gasteiger partial charge in [-0.05, 0) is 12.5 Å². The summed E-state index contributed by atoms with van der Waals surface area (Å²) < 4.78 is 31.5. The molecular weight excluding hydrogens is 404 g/mol. The van der Waals surface area contributed by atoms with Gasteiger partial charge < -0.3 is 4.74 Å². The topological polar surface area (TPSA) is 113 Å². The summed E-state index contributed by atoms with van der Waals surface area (Å²) in [4.78, 5) is 11.3. The Morgan fingerprint density at radius 1 is 1.17 bits per heavy atom. The minimum absolute atomic E-state index is 0.123. The Morgan fingerprint density at radius 3 is 2.70 bits per heavy atom. The fraction of sp³-hybridized carbons (Fsp3) is 0.350. The van der Waals surface area contributed by atoms with Gasteiger partial charge in [0.25, 0.3) is 0 Å². The fourth-order valence-electron chi connectivity index (χ4n) is 3.76. The number of pyridine rings is 1. The third-order valence-electron chi connectivity index (χ3n) is 4.99. The second-order valence-corrected chi connectivity index (χ2v) is 9.13. The molecule has 2 atom stereocenters. The van der Waals surface area contributed by atoms with Crippen molar-refractivity contribution in [3.05, 3.63) is 60.0 Å². The largest absolute Gasteiger partial charge is 0.481 e. The highest BCUT2D eigenvalue weighted by atomic mass is 32.2. The third kappa shape index (κ3) is 4.84. The lowest BCUT2D eigenvalue weighted by molar-refractivity contribution is 0.235. The van der Waals surface area contributed by atoms with Crippen molar-refractivity contribution in [3.63, 3.8) is 0 Å². The zero-order valence-electron chi connectivity index (χ0n) is 16.8. The number of hydrogen-bond acceptors (Lipinski definition) is 7. The average Bonchev–Trinajstić information content (AvgIpc) is 3.35. The molecule has 0 bridgehead atoms. The number of sulfonamides is 1. The molecule has 2 aromatic heterocycles. The van der Waals surface area contributed by atoms with Gasteiger partial charge in [-0.15, -0.1) is 0 Å². The first kappa shape index (κ1) is 20.5. The van der Waals surface area contributed by atoms with Crippen LogP contribution in [0.2, 0.25) is 0 Å². The molecule has 1 saturated heterocycles. The SMILES string of the molecule is COc1cccc(CN2CC(NS(C)(=O)=O)CC2c2nc(-c3ccccc3)n[nH]2)n1. The lowest BCUT2D eigenvalue weighted by Gasteiger charge is -2.22. The Kier molecular flexibility index (Phi) is 5.80. The van der Waals surface area contributed by atoms with Gasteiger partial charge in [0.1, 0.15) is 5.82 Å². The highest BCUT2D eigenvalue weighted by molar-refractivity contribution is 7.88. The Morgan fingerprint density at radius 2 is 1.97 bits per heavy atom. The predicted octanol–water partition coefficient (Wildman–Crippen LogP) is 1.74. The van der Waals surface area contributed by atoms with E-state index < -0.39 is 10.0 Å². The van der Waals surface area contributed by atoms with E-state index in [0.29, 0.717) is 37.0 Å². The molecule has 0 amide bonds. The molecule has 3 heterocycles. The van der Waals surface area contributed by atoms with Crippen LogP contribution in [-0.2, 0) is 16.6 Å². The smallest absolute Gasteiger partial charge is 0.213 e. The molecule has 1 aliphatic rings. The van der Waals surface area contributed by atoms with Crippen molar-refractivity contribution >= 4 is 10.0 Å². The third-order valence-corrected chi connectivity index (χ3v) is 5.75. The molecule has 2 N–H and O–H groups in total. The van der Waals surface area contributed by atoms with Crippen LogP contribution in [0, 0.1) is 0 Å². The van der Waals surface area contributed by atoms with E-state index in [9.17, 15) is 8.42 Å². The summed E-state index contributed by atoms with van der Waals surface area (Å²) in [5.41, 5.74) is 1.76. The molecule has 0 radical (unpaired) electrons. The number of nitrogens with one attached hydrogen (secondary N) is 2. The van der Waals surface area contributed by atoms with Gasteiger partial charge in [-0.2, -0.15) is 5.10 Å². The summed E-state index contributed by atoms with van der Waals surface area (Å²) >= 11 is 0. The number of ether oxygens (including phenoxy) is 1. The normalized spacial score (nSPS) is 19.8. The molecule has 9 nitrogen and oxygen atoms in total. The Labute approximate surface area is 175 Å². The molecule has 0 spiro atoms. The van der Waals surface area contributed by atoms with Crippen LogP contribution in [0.5, 0.6) is 5.88 Å². The second kappa shape index (κ2) is 8.50. The number of benzene rings is 1. The standard InChI is InChI=1S/C20H24N6O3S/c1-29-18-10-6-9-15(21-18)12-26-13-16(25-30(2,27)28)11-17(26)20-22-19(23-24-20)14-7-4-3-5-8-14/h3-10,16-17,25H,11-13H2,1-2H3,(H,22,23,24). The number of likely N-dealkylation sites (tertiary alicyclic amines) is 1. The van der Waals surface area contributed by atoms with Crippen LogP contribution in [0.15, 0.2) is 48.5 Å². The van der Waals surface area contributed by atoms with Gasteiger partial charge in [-0.1, -0.05) is 36.4 Å². The van der Waals surface area contributed by atoms with E-state index in [2.05, 4.69) is 29.8 Å². The Hall–Kier alpha value is -2.82. The van der Waals surface area contributed by atoms with Crippen molar-refractivity contribution in [3.8, 4) is 17.3 Å². The molecular formula is C20H24N6O3S. The minimum atomic E-state index is -3.32. The summed E-state index contributed by atoms with van der Waals surface area (Å²) in [6, 6.07) is 15.0. The molecule has 0 aliphatic carbocycles. The van der Waals surface area contributed by atoms with Crippen molar-refractivity contribution in [2.24, 2.45) is 0 Å². The average molecular weight is 429 g/mol. The molecule has 2 unspecified atom stereocenters. The van der Waals surface area contributed by atoms with Crippen molar-refractivity contribution in [2.75, 3.05) is 19.9 Å². The van der Waals surface area contributed by atoms with Crippen LogP contribution in [0.1, 0.15) is 24.0 Å². The first-order chi connectivity index (χ1) is 14.4. The van der Waals surface area contributed by atoms with Crippen LogP contribution >= 0.6 is 0 Å². The number of nitrogens with zero attached hydrogens (tertiary/aromatic N) is 4. The monoisotopic (exact) mass is 428 g/mol. The summed E-state index contributed by atoms with van der Waals surface area (Å²) in [7, 11) is -1.74. The minimum Gasteiger partial charge on any atom is -0.481 e. The molecule has 1 aliphatic heterocycles. The van der Waals surface area contributed by atoms with Crippen LogP contribution in [0.4, 0.5) is 0 Å². The lowest BCUT2D eigenvalue weighted by Crippen LogP contribution is -2.36. The van der Waals surface area contributed by atoms with Gasteiger partial charge in [-0.25, -0.2) is 23.1 Å². The Bertz CT molecular complexity index is 1100. The number of aromatic nitrogens is 4. The highest BCUT2D eigenvalue weighted by Gasteiger charge is 2.36. The summed E-state index contributed by atoms with van der Waals surface area (Å²) in [5.74, 6) is 1.86. The van der Waals surface area contributed by atoms with Crippen LogP contribution < -0.4 is 9.46 Å². The molecule has 1 fully saturated rings. The predicted molar refractivity (Wildman–Crippen MR) is 112 cm³/mol. The maximum Gasteiger partial charge on any atom is 0.213 e. The van der Waals surface area contributed by atoms with Gasteiger partial charge in [0.2, 0.25) is 15.9 Å². The molecule has 3 aromatic rings. The van der Waals surface area contributed by atoms with E-state index in [-0.39, 0.29) is 12.1 Å². The van der Waals surface area contributed by atoms with E-state index in [4.69, 9.17) is 4.74 Å². The van der Waals surface area contributed by atoms with Gasteiger partial charge in [0.15, 0.2) is 5.82 Å². The van der Waals surface area contributed by atoms with E-state index in [1.165, 1.54) is 6.26 Å². The number of aromatic amines is 1. The zero-order chi connectivity index (χ0) is 21.1. The molecule has 0 saturated carbocycles. The van der Waals surface area contributed by atoms with Crippen molar-refractivity contribution in [2.45, 2.75) is 25.0 Å². The van der Waals surface area contributed by atoms with Crippen molar-refractivity contribution in [1.29, 1.82) is 0 Å². The number of rotatable bonds is 7. The van der Waals surface area contributed by atoms with E-state index in [1.807, 2.05) is 42.5 Å². The fourth-order valence-corrected chi connectivity index (χ4v) is 4.53. The molecule has 158 valence electrons. The van der Waals surface area contributed by atoms with Crippen LogP contribution in [-0.4, -0.2) is 59.4 Å². The highest BCUT2D eigenvalue weighted by Crippen LogP contribution is 2.32. The zero-order valence-corrected chi connectivity index (χ0v) is 17.6. The van der Waals surface area contributed by atoms with Gasteiger partial charge >= 0.3 is 0 Å². The van der Waals surface area contributed by atoms with E-state index >= 15 is 0 Å². The molecule has 1 aromatic carbocycles. The van der Waals surface area contributed by atoms with Gasteiger partial charge in [0, 0.05) is 30.8 Å². The first-order valence-corrected chi connectivity index (χ1v) is 11.5. The second-order valence-electron chi connectivity index (χ2n) is 7.35. The number of H-pyrrole nitrogens is 1. The summed E-state index contributed by atoms with van der Waals surface area (Å²) in [5, 5.41) is 7.41. The molecule has 4 rings (SSSR count). The van der Waals surface area contributed by atoms with Crippen molar-refractivity contribution < 1.29 is 13.2 Å². The lowest BCUT2D eigenvalue weighted by atomic mass is 10.1. The summed E-state index contributed by atoms with van der Waals surface area (Å²) in [6.45, 7) is 1.07. The van der Waals surface area contributed by atoms with Gasteiger partial charge in [-0.3, -0.25) is 10.00 Å². The van der Waals surface area contributed by atoms with Crippen molar-refractivity contribution in [1.82, 2.24) is 29.8 Å². The van der Waals surface area contributed by atoms with E-state index in [1.54, 1.807) is 13.2 Å². The maximum atomic E-state index is 11.8. The maximum absolute atomic E-state index is 11.8. The number of methoxy groups -OCH3 is 1. The van der Waals surface area contributed by atoms with Crippen LogP contribution in [0.3, 0.4) is 0 Å². The first-order valence-electron chi connectivity index (χ1n) is 9.60. The van der Waals surface area contributed by atoms with E-state index in [0.717, 1.165) is 11.3 Å². The van der Waals surface area contributed by atoms with Crippen LogP contribution in [0.25, 0.3) is 11.4 Å². The molecule has 10 heteroatoms. The van der Waals surface area contributed by atoms with Gasteiger partial charge in [0.05, 0.1) is 25.1 Å². The molecule has 30 heavy (non-hydrogen) atoms. The Balaban J connectivity index is 1.60. The quantitative estimate of drug-likeness (QED) is 0.589. The summed E-state index contributed by atoms with van der Waals surface area (Å²) in [6.07, 6.45) is 1.76.